The maximum atomic E-state index is 11.8. The summed E-state index contributed by atoms with van der Waals surface area (Å²) in [6.45, 7) is 7.84. The molecular weight excluding hydrogens is 192 g/mol. The Bertz CT molecular complexity index is 185. The third-order valence-corrected chi connectivity index (χ3v) is 2.69. The molecule has 0 spiro atoms. The van der Waals surface area contributed by atoms with Crippen LogP contribution in [0.4, 0.5) is 0 Å². The molecule has 4 heteroatoms. The Balaban J connectivity index is 3.96. The van der Waals surface area contributed by atoms with Gasteiger partial charge in [-0.2, -0.15) is 0 Å². The maximum Gasteiger partial charge on any atom is 0.239 e. The normalized spacial score (nSPS) is 14.7. The van der Waals surface area contributed by atoms with Crippen LogP contribution in [-0.4, -0.2) is 43.7 Å². The van der Waals surface area contributed by atoms with Crippen molar-refractivity contribution >= 4 is 5.91 Å². The summed E-state index contributed by atoms with van der Waals surface area (Å²) in [5.74, 6) is 0.232. The van der Waals surface area contributed by atoms with Crippen molar-refractivity contribution in [3.63, 3.8) is 0 Å². The smallest absolute Gasteiger partial charge is 0.239 e. The highest BCUT2D eigenvalue weighted by atomic mass is 16.5. The minimum Gasteiger partial charge on any atom is -0.380 e. The zero-order valence-corrected chi connectivity index (χ0v) is 10.3. The molecule has 4 nitrogen and oxygen atoms in total. The van der Waals surface area contributed by atoms with E-state index < -0.39 is 0 Å². The molecule has 90 valence electrons. The van der Waals surface area contributed by atoms with Crippen molar-refractivity contribution in [3.8, 4) is 0 Å². The number of nitrogens with two attached hydrogens (primary N) is 1. The second-order valence-corrected chi connectivity index (χ2v) is 3.87. The lowest BCUT2D eigenvalue weighted by Gasteiger charge is -2.24. The van der Waals surface area contributed by atoms with Gasteiger partial charge in [-0.15, -0.1) is 0 Å². The number of rotatable bonds is 7. The van der Waals surface area contributed by atoms with Gasteiger partial charge in [-0.05, 0) is 12.8 Å². The summed E-state index contributed by atoms with van der Waals surface area (Å²) in [5.41, 5.74) is 5.84. The number of hydrogen-bond acceptors (Lipinski definition) is 3. The van der Waals surface area contributed by atoms with E-state index in [-0.39, 0.29) is 17.9 Å². The number of carbonyl (C=O) groups excluding carboxylic acids is 1. The fourth-order valence-electron chi connectivity index (χ4n) is 1.21. The van der Waals surface area contributed by atoms with E-state index in [1.807, 2.05) is 20.8 Å². The lowest BCUT2D eigenvalue weighted by atomic mass is 9.99. The monoisotopic (exact) mass is 216 g/mol. The first kappa shape index (κ1) is 14.4. The summed E-state index contributed by atoms with van der Waals surface area (Å²) in [4.78, 5) is 13.4. The minimum absolute atomic E-state index is 0.00375. The van der Waals surface area contributed by atoms with Gasteiger partial charge in [-0.25, -0.2) is 0 Å². The molecule has 2 N–H and O–H groups in total. The van der Waals surface area contributed by atoms with E-state index in [1.165, 1.54) is 0 Å². The first-order valence-corrected chi connectivity index (χ1v) is 5.62. The summed E-state index contributed by atoms with van der Waals surface area (Å²) < 4.78 is 5.19. The molecule has 0 aliphatic carbocycles. The molecule has 0 saturated heterocycles. The van der Waals surface area contributed by atoms with Crippen LogP contribution in [0.1, 0.15) is 27.2 Å². The van der Waals surface area contributed by atoms with Gasteiger partial charge >= 0.3 is 0 Å². The molecule has 2 atom stereocenters. The predicted octanol–water partition coefficient (Wildman–Crippen LogP) is 0.855. The zero-order valence-electron chi connectivity index (χ0n) is 10.3. The summed E-state index contributed by atoms with van der Waals surface area (Å²) >= 11 is 0. The van der Waals surface area contributed by atoms with E-state index in [0.717, 1.165) is 6.42 Å². The maximum absolute atomic E-state index is 11.8. The third-order valence-electron chi connectivity index (χ3n) is 2.69. The van der Waals surface area contributed by atoms with Crippen molar-refractivity contribution in [2.45, 2.75) is 33.2 Å². The molecule has 1 amide bonds. The van der Waals surface area contributed by atoms with Crippen LogP contribution in [0, 0.1) is 5.92 Å². The van der Waals surface area contributed by atoms with Crippen LogP contribution < -0.4 is 5.73 Å². The van der Waals surface area contributed by atoms with E-state index in [4.69, 9.17) is 10.5 Å². The third kappa shape index (κ3) is 5.14. The van der Waals surface area contributed by atoms with E-state index in [0.29, 0.717) is 19.8 Å². The standard InChI is InChI=1S/C11H24N2O2/c1-5-9(3)10(12)11(14)13(4)7-8-15-6-2/h9-10H,5-8,12H2,1-4H3. The summed E-state index contributed by atoms with van der Waals surface area (Å²) in [5, 5.41) is 0. The van der Waals surface area contributed by atoms with Gasteiger partial charge in [0.05, 0.1) is 12.6 Å². The van der Waals surface area contributed by atoms with Gasteiger partial charge in [0.1, 0.15) is 0 Å². The van der Waals surface area contributed by atoms with Gasteiger partial charge in [0, 0.05) is 20.2 Å². The Morgan fingerprint density at radius 2 is 2.07 bits per heavy atom. The average molecular weight is 216 g/mol. The van der Waals surface area contributed by atoms with Crippen LogP contribution in [-0.2, 0) is 9.53 Å². The zero-order chi connectivity index (χ0) is 11.8. The van der Waals surface area contributed by atoms with Crippen LogP contribution in [0.5, 0.6) is 0 Å². The Kier molecular flexibility index (Phi) is 7.34. The van der Waals surface area contributed by atoms with Crippen molar-refractivity contribution in [2.75, 3.05) is 26.8 Å². The summed E-state index contributed by atoms with van der Waals surface area (Å²) in [7, 11) is 1.77. The predicted molar refractivity (Wildman–Crippen MR) is 61.6 cm³/mol. The topological polar surface area (TPSA) is 55.6 Å². The highest BCUT2D eigenvalue weighted by molar-refractivity contribution is 5.81. The van der Waals surface area contributed by atoms with Crippen molar-refractivity contribution in [3.05, 3.63) is 0 Å². The largest absolute Gasteiger partial charge is 0.380 e. The van der Waals surface area contributed by atoms with Crippen molar-refractivity contribution in [1.29, 1.82) is 0 Å². The highest BCUT2D eigenvalue weighted by Crippen LogP contribution is 2.07. The molecule has 0 aromatic rings. The number of carbonyl (C=O) groups is 1. The number of ether oxygens (including phenoxy) is 1. The Hall–Kier alpha value is -0.610. The molecule has 15 heavy (non-hydrogen) atoms. The van der Waals surface area contributed by atoms with Crippen LogP contribution >= 0.6 is 0 Å². The summed E-state index contributed by atoms with van der Waals surface area (Å²) in [6, 6.07) is -0.387. The molecule has 0 fully saturated rings. The van der Waals surface area contributed by atoms with Gasteiger partial charge in [0.15, 0.2) is 0 Å². The fourth-order valence-corrected chi connectivity index (χ4v) is 1.21. The Labute approximate surface area is 92.8 Å². The molecule has 0 aliphatic heterocycles. The lowest BCUT2D eigenvalue weighted by Crippen LogP contribution is -2.46. The SMILES string of the molecule is CCOCCN(C)C(=O)C(N)C(C)CC. The second-order valence-electron chi connectivity index (χ2n) is 3.87. The Morgan fingerprint density at radius 1 is 1.47 bits per heavy atom. The minimum atomic E-state index is -0.387. The summed E-state index contributed by atoms with van der Waals surface area (Å²) in [6.07, 6.45) is 0.923. The lowest BCUT2D eigenvalue weighted by molar-refractivity contribution is -0.133. The molecule has 0 rings (SSSR count). The van der Waals surface area contributed by atoms with Crippen LogP contribution in [0.3, 0.4) is 0 Å². The molecule has 0 aliphatic rings. The van der Waals surface area contributed by atoms with Crippen molar-refractivity contribution < 1.29 is 9.53 Å². The van der Waals surface area contributed by atoms with Gasteiger partial charge in [-0.1, -0.05) is 20.3 Å². The number of likely N-dealkylation sites (N-methyl/N-ethyl adjacent to an activating group) is 1. The van der Waals surface area contributed by atoms with Gasteiger partial charge in [0.25, 0.3) is 0 Å². The van der Waals surface area contributed by atoms with Gasteiger partial charge in [0.2, 0.25) is 5.91 Å². The van der Waals surface area contributed by atoms with Crippen molar-refractivity contribution in [2.24, 2.45) is 11.7 Å². The van der Waals surface area contributed by atoms with Crippen LogP contribution in [0.25, 0.3) is 0 Å². The van der Waals surface area contributed by atoms with Crippen LogP contribution in [0.2, 0.25) is 0 Å². The second kappa shape index (κ2) is 7.65. The molecule has 0 heterocycles. The highest BCUT2D eigenvalue weighted by Gasteiger charge is 2.22. The molecule has 2 unspecified atom stereocenters. The van der Waals surface area contributed by atoms with E-state index in [9.17, 15) is 4.79 Å². The van der Waals surface area contributed by atoms with Crippen molar-refractivity contribution in [1.82, 2.24) is 4.90 Å². The molecule has 0 saturated carbocycles. The number of nitrogens with zero attached hydrogens (tertiary/aromatic N) is 1. The average Bonchev–Trinajstić information content (AvgIpc) is 2.26. The molecule has 0 radical (unpaired) electrons. The molecular formula is C11H24N2O2. The number of amides is 1. The molecule has 0 aromatic heterocycles. The van der Waals surface area contributed by atoms with Gasteiger partial charge in [-0.3, -0.25) is 4.79 Å². The van der Waals surface area contributed by atoms with E-state index in [1.54, 1.807) is 11.9 Å². The quantitative estimate of drug-likeness (QED) is 0.642. The fraction of sp³-hybridized carbons (Fsp3) is 0.909. The first-order chi connectivity index (χ1) is 7.04. The first-order valence-electron chi connectivity index (χ1n) is 5.62. The molecule has 0 bridgehead atoms. The molecule has 0 aromatic carbocycles. The van der Waals surface area contributed by atoms with Gasteiger partial charge < -0.3 is 15.4 Å². The van der Waals surface area contributed by atoms with E-state index in [2.05, 4.69) is 0 Å². The van der Waals surface area contributed by atoms with Crippen LogP contribution in [0.15, 0.2) is 0 Å². The Morgan fingerprint density at radius 3 is 2.53 bits per heavy atom. The number of hydrogen-bond donors (Lipinski definition) is 1. The van der Waals surface area contributed by atoms with E-state index >= 15 is 0 Å².